The Morgan fingerprint density at radius 3 is 2.60 bits per heavy atom. The van der Waals surface area contributed by atoms with Crippen molar-refractivity contribution in [2.45, 2.75) is 11.4 Å². The normalized spacial score (nSPS) is 14.6. The van der Waals surface area contributed by atoms with Crippen LogP contribution in [0.15, 0.2) is 4.52 Å². The second-order valence-corrected chi connectivity index (χ2v) is 3.80. The fourth-order valence-electron chi connectivity index (χ4n) is 0.976. The van der Waals surface area contributed by atoms with Gasteiger partial charge in [0.15, 0.2) is 5.82 Å². The Bertz CT molecular complexity index is 325. The molecular formula is C7H11ClF2N4O. The molecule has 1 rings (SSSR count). The molecule has 2 N–H and O–H groups in total. The van der Waals surface area contributed by atoms with Crippen LogP contribution < -0.4 is 5.73 Å². The Kier molecular flexibility index (Phi) is 3.58. The number of rotatable bonds is 4. The monoisotopic (exact) mass is 240 g/mol. The molecule has 0 saturated carbocycles. The van der Waals surface area contributed by atoms with Gasteiger partial charge in [0.05, 0.1) is 6.04 Å². The molecule has 0 aliphatic heterocycles. The highest BCUT2D eigenvalue weighted by Gasteiger charge is 2.36. The van der Waals surface area contributed by atoms with Crippen LogP contribution >= 0.6 is 11.6 Å². The third-order valence-electron chi connectivity index (χ3n) is 1.58. The van der Waals surface area contributed by atoms with E-state index >= 15 is 0 Å². The molecule has 0 spiro atoms. The zero-order valence-corrected chi connectivity index (χ0v) is 9.00. The van der Waals surface area contributed by atoms with Crippen molar-refractivity contribution in [2.24, 2.45) is 5.73 Å². The van der Waals surface area contributed by atoms with Crippen molar-refractivity contribution in [3.63, 3.8) is 0 Å². The van der Waals surface area contributed by atoms with Gasteiger partial charge in [0, 0.05) is 6.54 Å². The quantitative estimate of drug-likeness (QED) is 0.793. The highest BCUT2D eigenvalue weighted by Crippen LogP contribution is 2.31. The first-order valence-electron chi connectivity index (χ1n) is 4.12. The topological polar surface area (TPSA) is 68.2 Å². The summed E-state index contributed by atoms with van der Waals surface area (Å²) in [5, 5.41) is -0.316. The van der Waals surface area contributed by atoms with E-state index in [9.17, 15) is 8.78 Å². The van der Waals surface area contributed by atoms with Crippen LogP contribution in [0.3, 0.4) is 0 Å². The molecule has 1 heterocycles. The van der Waals surface area contributed by atoms with Crippen molar-refractivity contribution in [1.29, 1.82) is 0 Å². The van der Waals surface area contributed by atoms with E-state index in [2.05, 4.69) is 14.7 Å². The molecule has 5 nitrogen and oxygen atoms in total. The van der Waals surface area contributed by atoms with Gasteiger partial charge in [0.25, 0.3) is 0 Å². The first-order valence-corrected chi connectivity index (χ1v) is 4.49. The lowest BCUT2D eigenvalue weighted by atomic mass is 10.3. The van der Waals surface area contributed by atoms with Crippen molar-refractivity contribution in [3.05, 3.63) is 11.7 Å². The molecule has 1 aromatic heterocycles. The molecule has 0 aliphatic carbocycles. The smallest absolute Gasteiger partial charge is 0.331 e. The average molecular weight is 241 g/mol. The highest BCUT2D eigenvalue weighted by atomic mass is 35.5. The molecule has 0 aliphatic rings. The minimum atomic E-state index is -3.65. The Labute approximate surface area is 90.2 Å². The molecule has 1 unspecified atom stereocenters. The summed E-state index contributed by atoms with van der Waals surface area (Å²) in [4.78, 5) is 5.20. The summed E-state index contributed by atoms with van der Waals surface area (Å²) < 4.78 is 29.3. The molecule has 0 fully saturated rings. The number of nitrogens with zero attached hydrogens (tertiary/aromatic N) is 3. The number of alkyl halides is 3. The predicted molar refractivity (Wildman–Crippen MR) is 49.5 cm³/mol. The molecule has 0 saturated heterocycles. The van der Waals surface area contributed by atoms with Crippen LogP contribution in [0.4, 0.5) is 8.78 Å². The Morgan fingerprint density at radius 2 is 2.20 bits per heavy atom. The zero-order chi connectivity index (χ0) is 11.6. The molecule has 1 aromatic rings. The van der Waals surface area contributed by atoms with Gasteiger partial charge < -0.3 is 15.2 Å². The van der Waals surface area contributed by atoms with Gasteiger partial charge in [-0.15, -0.1) is 0 Å². The predicted octanol–water partition coefficient (Wildman–Crippen LogP) is 0.919. The van der Waals surface area contributed by atoms with Crippen molar-refractivity contribution in [1.82, 2.24) is 15.0 Å². The van der Waals surface area contributed by atoms with Gasteiger partial charge in [-0.2, -0.15) is 13.8 Å². The van der Waals surface area contributed by atoms with E-state index in [1.807, 2.05) is 0 Å². The van der Waals surface area contributed by atoms with Crippen molar-refractivity contribution in [2.75, 3.05) is 20.6 Å². The molecule has 0 radical (unpaired) electrons. The van der Waals surface area contributed by atoms with E-state index in [0.29, 0.717) is 6.54 Å². The van der Waals surface area contributed by atoms with Crippen molar-refractivity contribution in [3.8, 4) is 0 Å². The number of likely N-dealkylation sites (N-methyl/N-ethyl adjacent to an activating group) is 1. The largest absolute Gasteiger partial charge is 0.400 e. The van der Waals surface area contributed by atoms with Gasteiger partial charge in [-0.1, -0.05) is 5.16 Å². The third kappa shape index (κ3) is 3.37. The minimum absolute atomic E-state index is 0.0130. The van der Waals surface area contributed by atoms with Crippen LogP contribution in [0.25, 0.3) is 0 Å². The van der Waals surface area contributed by atoms with Crippen LogP contribution in [0, 0.1) is 0 Å². The van der Waals surface area contributed by atoms with E-state index < -0.39 is 17.3 Å². The molecule has 1 atom stereocenters. The van der Waals surface area contributed by atoms with Crippen LogP contribution in [-0.2, 0) is 5.38 Å². The van der Waals surface area contributed by atoms with Gasteiger partial charge in [-0.25, -0.2) is 0 Å². The molecule has 86 valence electrons. The second-order valence-electron chi connectivity index (χ2n) is 3.32. The zero-order valence-electron chi connectivity index (χ0n) is 8.25. The standard InChI is InChI=1S/C7H11ClF2N4O/c1-14(2)3-4(11)5-12-6(15-13-5)7(8,9)10/h4H,3,11H2,1-2H3. The Balaban J connectivity index is 2.76. The molecule has 0 aromatic carbocycles. The van der Waals surface area contributed by atoms with Crippen LogP contribution in [0.5, 0.6) is 0 Å². The fraction of sp³-hybridized carbons (Fsp3) is 0.714. The number of nitrogens with two attached hydrogens (primary N) is 1. The minimum Gasteiger partial charge on any atom is -0.331 e. The van der Waals surface area contributed by atoms with E-state index in [1.165, 1.54) is 0 Å². The SMILES string of the molecule is CN(C)CC(N)c1noc(C(F)(F)Cl)n1. The molecule has 8 heteroatoms. The van der Waals surface area contributed by atoms with Crippen molar-refractivity contribution < 1.29 is 13.3 Å². The maximum Gasteiger partial charge on any atom is 0.400 e. The van der Waals surface area contributed by atoms with Crippen LogP contribution in [-0.4, -0.2) is 35.7 Å². The summed E-state index contributed by atoms with van der Waals surface area (Å²) in [5.74, 6) is -0.924. The van der Waals surface area contributed by atoms with Crippen LogP contribution in [0.2, 0.25) is 0 Å². The molecular weight excluding hydrogens is 230 g/mol. The first-order chi connectivity index (χ1) is 6.80. The molecule has 0 amide bonds. The summed E-state index contributed by atoms with van der Waals surface area (Å²) >= 11 is 4.70. The maximum atomic E-state index is 12.5. The van der Waals surface area contributed by atoms with E-state index in [-0.39, 0.29) is 5.82 Å². The lowest BCUT2D eigenvalue weighted by molar-refractivity contribution is 0.0550. The fourth-order valence-corrected chi connectivity index (χ4v) is 1.05. The number of halogens is 3. The summed E-state index contributed by atoms with van der Waals surface area (Å²) in [5.41, 5.74) is 5.64. The Hall–Kier alpha value is -0.790. The maximum absolute atomic E-state index is 12.5. The summed E-state index contributed by atoms with van der Waals surface area (Å²) in [7, 11) is 3.58. The molecule has 0 bridgehead atoms. The average Bonchev–Trinajstić information content (AvgIpc) is 2.48. The van der Waals surface area contributed by atoms with Gasteiger partial charge in [-0.05, 0) is 25.7 Å². The van der Waals surface area contributed by atoms with Gasteiger partial charge >= 0.3 is 11.3 Å². The van der Waals surface area contributed by atoms with Crippen LogP contribution in [0.1, 0.15) is 17.8 Å². The number of hydrogen-bond donors (Lipinski definition) is 1. The summed E-state index contributed by atoms with van der Waals surface area (Å²) in [6.07, 6.45) is 0. The number of hydrogen-bond acceptors (Lipinski definition) is 5. The summed E-state index contributed by atoms with van der Waals surface area (Å²) in [6, 6.07) is -0.587. The second kappa shape index (κ2) is 4.38. The van der Waals surface area contributed by atoms with Gasteiger partial charge in [-0.3, -0.25) is 0 Å². The van der Waals surface area contributed by atoms with Gasteiger partial charge in [0.2, 0.25) is 0 Å². The van der Waals surface area contributed by atoms with Crippen molar-refractivity contribution >= 4 is 11.6 Å². The lowest BCUT2D eigenvalue weighted by Crippen LogP contribution is -2.27. The first kappa shape index (κ1) is 12.3. The Morgan fingerprint density at radius 1 is 1.60 bits per heavy atom. The third-order valence-corrected chi connectivity index (χ3v) is 1.74. The molecule has 15 heavy (non-hydrogen) atoms. The number of aromatic nitrogens is 2. The van der Waals surface area contributed by atoms with E-state index in [0.717, 1.165) is 0 Å². The highest BCUT2D eigenvalue weighted by molar-refractivity contribution is 6.21. The van der Waals surface area contributed by atoms with Gasteiger partial charge in [0.1, 0.15) is 0 Å². The lowest BCUT2D eigenvalue weighted by Gasteiger charge is -2.12. The van der Waals surface area contributed by atoms with E-state index in [1.54, 1.807) is 19.0 Å². The summed E-state index contributed by atoms with van der Waals surface area (Å²) in [6.45, 7) is 0.423. The van der Waals surface area contributed by atoms with E-state index in [4.69, 9.17) is 17.3 Å².